The SMILES string of the molecule is O=C(O)CCc1cc(O)c(OCC2CCCC2)c(-c2ccc3ccccc3c2)c1. The van der Waals surface area contributed by atoms with Crippen LogP contribution in [0, 0.1) is 5.92 Å². The van der Waals surface area contributed by atoms with Gasteiger partial charge < -0.3 is 14.9 Å². The van der Waals surface area contributed by atoms with Crippen LogP contribution in [0.5, 0.6) is 11.5 Å². The van der Waals surface area contributed by atoms with E-state index in [0.29, 0.717) is 24.7 Å². The van der Waals surface area contributed by atoms with Gasteiger partial charge in [-0.15, -0.1) is 0 Å². The Morgan fingerprint density at radius 3 is 2.52 bits per heavy atom. The fourth-order valence-corrected chi connectivity index (χ4v) is 4.17. The number of fused-ring (bicyclic) bond motifs is 1. The van der Waals surface area contributed by atoms with E-state index in [0.717, 1.165) is 27.5 Å². The minimum atomic E-state index is -0.849. The smallest absolute Gasteiger partial charge is 0.303 e. The van der Waals surface area contributed by atoms with Gasteiger partial charge in [-0.2, -0.15) is 0 Å². The molecule has 0 aromatic heterocycles. The van der Waals surface area contributed by atoms with Gasteiger partial charge in [-0.1, -0.05) is 49.2 Å². The number of carbonyl (C=O) groups is 1. The predicted octanol–water partition coefficient (Wildman–Crippen LogP) is 5.80. The molecule has 0 amide bonds. The standard InChI is InChI=1S/C25H26O4/c26-23-14-18(9-12-24(27)28)13-22(25(23)29-16-17-5-1-2-6-17)21-11-10-19-7-3-4-8-20(19)15-21/h3-4,7-8,10-11,13-15,17,26H,1-2,5-6,9,12,16H2,(H,27,28). The van der Waals surface area contributed by atoms with Crippen molar-refractivity contribution in [3.8, 4) is 22.6 Å². The van der Waals surface area contributed by atoms with Crippen molar-refractivity contribution in [2.45, 2.75) is 38.5 Å². The monoisotopic (exact) mass is 390 g/mol. The molecule has 1 saturated carbocycles. The molecule has 150 valence electrons. The second-order valence-electron chi connectivity index (χ2n) is 7.91. The van der Waals surface area contributed by atoms with Gasteiger partial charge in [-0.3, -0.25) is 4.79 Å². The molecular weight excluding hydrogens is 364 g/mol. The average Bonchev–Trinajstić information content (AvgIpc) is 3.24. The third-order valence-corrected chi connectivity index (χ3v) is 5.76. The van der Waals surface area contributed by atoms with E-state index in [-0.39, 0.29) is 12.2 Å². The lowest BCUT2D eigenvalue weighted by atomic mass is 9.97. The van der Waals surface area contributed by atoms with Crippen molar-refractivity contribution in [3.63, 3.8) is 0 Å². The third kappa shape index (κ3) is 4.53. The van der Waals surface area contributed by atoms with Crippen LogP contribution in [0.15, 0.2) is 54.6 Å². The molecule has 0 radical (unpaired) electrons. The lowest BCUT2D eigenvalue weighted by molar-refractivity contribution is -0.136. The molecule has 1 aliphatic rings. The van der Waals surface area contributed by atoms with Gasteiger partial charge in [-0.25, -0.2) is 0 Å². The highest BCUT2D eigenvalue weighted by Gasteiger charge is 2.19. The van der Waals surface area contributed by atoms with Crippen molar-refractivity contribution in [1.82, 2.24) is 0 Å². The molecule has 3 aromatic rings. The number of phenols is 1. The van der Waals surface area contributed by atoms with E-state index in [9.17, 15) is 9.90 Å². The maximum absolute atomic E-state index is 11.0. The number of aromatic hydroxyl groups is 1. The van der Waals surface area contributed by atoms with E-state index < -0.39 is 5.97 Å². The summed E-state index contributed by atoms with van der Waals surface area (Å²) in [5.74, 6) is 0.254. The van der Waals surface area contributed by atoms with E-state index in [1.165, 1.54) is 25.7 Å². The van der Waals surface area contributed by atoms with Gasteiger partial charge in [0.05, 0.1) is 6.61 Å². The zero-order chi connectivity index (χ0) is 20.2. The minimum Gasteiger partial charge on any atom is -0.504 e. The second-order valence-corrected chi connectivity index (χ2v) is 7.91. The highest BCUT2D eigenvalue weighted by Crippen LogP contribution is 2.41. The molecule has 0 atom stereocenters. The number of hydrogen-bond acceptors (Lipinski definition) is 3. The minimum absolute atomic E-state index is 0.0267. The molecule has 0 spiro atoms. The Morgan fingerprint density at radius 1 is 1.00 bits per heavy atom. The Bertz CT molecular complexity index is 1020. The highest BCUT2D eigenvalue weighted by atomic mass is 16.5. The molecule has 0 bridgehead atoms. The molecule has 4 rings (SSSR count). The molecule has 4 heteroatoms. The van der Waals surface area contributed by atoms with Crippen LogP contribution >= 0.6 is 0 Å². The largest absolute Gasteiger partial charge is 0.504 e. The van der Waals surface area contributed by atoms with Crippen molar-refractivity contribution in [2.24, 2.45) is 5.92 Å². The van der Waals surface area contributed by atoms with E-state index in [4.69, 9.17) is 9.84 Å². The summed E-state index contributed by atoms with van der Waals surface area (Å²) in [6.45, 7) is 0.600. The lowest BCUT2D eigenvalue weighted by Gasteiger charge is -2.18. The first kappa shape index (κ1) is 19.3. The van der Waals surface area contributed by atoms with Crippen molar-refractivity contribution in [2.75, 3.05) is 6.61 Å². The van der Waals surface area contributed by atoms with Gasteiger partial charge in [0.15, 0.2) is 11.5 Å². The summed E-state index contributed by atoms with van der Waals surface area (Å²) >= 11 is 0. The van der Waals surface area contributed by atoms with Gasteiger partial charge in [0.1, 0.15) is 0 Å². The molecule has 0 unspecified atom stereocenters. The molecule has 2 N–H and O–H groups in total. The van der Waals surface area contributed by atoms with Crippen LogP contribution < -0.4 is 4.74 Å². The van der Waals surface area contributed by atoms with Gasteiger partial charge in [0.25, 0.3) is 0 Å². The first-order chi connectivity index (χ1) is 14.1. The Balaban J connectivity index is 1.72. The number of aliphatic carboxylic acids is 1. The predicted molar refractivity (Wildman–Crippen MR) is 114 cm³/mol. The first-order valence-electron chi connectivity index (χ1n) is 10.3. The molecule has 0 aliphatic heterocycles. The number of aryl methyl sites for hydroxylation is 1. The summed E-state index contributed by atoms with van der Waals surface area (Å²) in [5.41, 5.74) is 2.56. The van der Waals surface area contributed by atoms with Gasteiger partial charge in [0.2, 0.25) is 0 Å². The maximum Gasteiger partial charge on any atom is 0.303 e. The molecule has 0 heterocycles. The number of ether oxygens (including phenoxy) is 1. The summed E-state index contributed by atoms with van der Waals surface area (Å²) in [4.78, 5) is 11.0. The van der Waals surface area contributed by atoms with E-state index >= 15 is 0 Å². The van der Waals surface area contributed by atoms with Crippen LogP contribution in [-0.4, -0.2) is 22.8 Å². The van der Waals surface area contributed by atoms with E-state index in [2.05, 4.69) is 24.3 Å². The maximum atomic E-state index is 11.0. The number of benzene rings is 3. The second kappa shape index (κ2) is 8.56. The molecule has 4 nitrogen and oxygen atoms in total. The van der Waals surface area contributed by atoms with Crippen molar-refractivity contribution >= 4 is 16.7 Å². The lowest BCUT2D eigenvalue weighted by Crippen LogP contribution is -2.09. The first-order valence-corrected chi connectivity index (χ1v) is 10.3. The summed E-state index contributed by atoms with van der Waals surface area (Å²) < 4.78 is 6.13. The normalized spacial score (nSPS) is 14.3. The number of phenolic OH excluding ortho intramolecular Hbond substituents is 1. The zero-order valence-corrected chi connectivity index (χ0v) is 16.4. The molecule has 3 aromatic carbocycles. The van der Waals surface area contributed by atoms with Crippen molar-refractivity contribution < 1.29 is 19.7 Å². The van der Waals surface area contributed by atoms with Crippen LogP contribution in [0.1, 0.15) is 37.7 Å². The Labute approximate surface area is 170 Å². The molecule has 1 aliphatic carbocycles. The number of rotatable bonds is 7. The van der Waals surface area contributed by atoms with Crippen LogP contribution in [-0.2, 0) is 11.2 Å². The third-order valence-electron chi connectivity index (χ3n) is 5.76. The van der Waals surface area contributed by atoms with Gasteiger partial charge in [0, 0.05) is 12.0 Å². The molecule has 0 saturated heterocycles. The molecule has 29 heavy (non-hydrogen) atoms. The Kier molecular flexibility index (Phi) is 5.70. The fraction of sp³-hybridized carbons (Fsp3) is 0.320. The average molecular weight is 390 g/mol. The molecule has 1 fully saturated rings. The number of carboxylic acid groups (broad SMARTS) is 1. The molecular formula is C25H26O4. The summed E-state index contributed by atoms with van der Waals surface area (Å²) in [7, 11) is 0. The van der Waals surface area contributed by atoms with Crippen molar-refractivity contribution in [3.05, 3.63) is 60.2 Å². The van der Waals surface area contributed by atoms with Crippen LogP contribution in [0.3, 0.4) is 0 Å². The Morgan fingerprint density at radius 2 is 1.76 bits per heavy atom. The summed E-state index contributed by atoms with van der Waals surface area (Å²) in [6, 6.07) is 17.9. The quantitative estimate of drug-likeness (QED) is 0.535. The van der Waals surface area contributed by atoms with Crippen LogP contribution in [0.4, 0.5) is 0 Å². The fourth-order valence-electron chi connectivity index (χ4n) is 4.17. The zero-order valence-electron chi connectivity index (χ0n) is 16.4. The van der Waals surface area contributed by atoms with Gasteiger partial charge in [-0.05, 0) is 65.3 Å². The highest BCUT2D eigenvalue weighted by molar-refractivity contribution is 5.89. The van der Waals surface area contributed by atoms with E-state index in [1.807, 2.05) is 24.3 Å². The number of carboxylic acids is 1. The van der Waals surface area contributed by atoms with Crippen LogP contribution in [0.25, 0.3) is 21.9 Å². The van der Waals surface area contributed by atoms with E-state index in [1.54, 1.807) is 6.07 Å². The number of hydrogen-bond donors (Lipinski definition) is 2. The Hall–Kier alpha value is -3.01. The van der Waals surface area contributed by atoms with Crippen molar-refractivity contribution in [1.29, 1.82) is 0 Å². The van der Waals surface area contributed by atoms with Gasteiger partial charge >= 0.3 is 5.97 Å². The topological polar surface area (TPSA) is 66.8 Å². The summed E-state index contributed by atoms with van der Waals surface area (Å²) in [6.07, 6.45) is 5.22. The summed E-state index contributed by atoms with van der Waals surface area (Å²) in [5, 5.41) is 22.0. The van der Waals surface area contributed by atoms with Crippen LogP contribution in [0.2, 0.25) is 0 Å².